The van der Waals surface area contributed by atoms with Crippen LogP contribution in [0.5, 0.6) is 0 Å². The van der Waals surface area contributed by atoms with E-state index < -0.39 is 0 Å². The molecule has 3 heteroatoms. The molecule has 0 spiro atoms. The minimum absolute atomic E-state index is 0.135. The second kappa shape index (κ2) is 3.36. The van der Waals surface area contributed by atoms with Gasteiger partial charge in [0.2, 0.25) is 5.91 Å². The van der Waals surface area contributed by atoms with E-state index in [0.717, 1.165) is 18.7 Å². The smallest absolute Gasteiger partial charge is 0.223 e. The molecule has 0 atom stereocenters. The van der Waals surface area contributed by atoms with Crippen LogP contribution in [0.15, 0.2) is 18.2 Å². The summed E-state index contributed by atoms with van der Waals surface area (Å²) >= 11 is 0. The van der Waals surface area contributed by atoms with E-state index in [1.165, 1.54) is 22.2 Å². The van der Waals surface area contributed by atoms with Crippen LogP contribution in [0.1, 0.15) is 18.2 Å². The number of fused-ring (bicyclic) bond motifs is 3. The quantitative estimate of drug-likeness (QED) is 0.679. The summed E-state index contributed by atoms with van der Waals surface area (Å²) in [5.41, 5.74) is 4.93. The Labute approximate surface area is 101 Å². The Kier molecular flexibility index (Phi) is 2.05. The molecule has 2 heterocycles. The van der Waals surface area contributed by atoms with Gasteiger partial charge in [0.05, 0.1) is 0 Å². The summed E-state index contributed by atoms with van der Waals surface area (Å²) in [5, 5.41) is 1.30. The monoisotopic (exact) mass is 228 g/mol. The van der Waals surface area contributed by atoms with Crippen LogP contribution in [0.25, 0.3) is 10.9 Å². The molecule has 1 aliphatic rings. The van der Waals surface area contributed by atoms with Crippen molar-refractivity contribution in [2.24, 2.45) is 7.05 Å². The molecule has 0 fully saturated rings. The highest BCUT2D eigenvalue weighted by Gasteiger charge is 2.24. The molecule has 0 aliphatic carbocycles. The van der Waals surface area contributed by atoms with Crippen LogP contribution in [0.4, 0.5) is 5.69 Å². The Hall–Kier alpha value is -1.77. The third kappa shape index (κ3) is 1.32. The maximum Gasteiger partial charge on any atom is 0.223 e. The fourth-order valence-electron chi connectivity index (χ4n) is 2.78. The maximum absolute atomic E-state index is 11.5. The molecule has 0 saturated carbocycles. The second-order valence-corrected chi connectivity index (χ2v) is 4.76. The number of hydrogen-bond acceptors (Lipinski definition) is 1. The van der Waals surface area contributed by atoms with Gasteiger partial charge in [0, 0.05) is 42.8 Å². The topological polar surface area (TPSA) is 25.2 Å². The van der Waals surface area contributed by atoms with E-state index in [4.69, 9.17) is 0 Å². The molecular formula is C14H16N2O. The summed E-state index contributed by atoms with van der Waals surface area (Å²) in [7, 11) is 2.09. The lowest BCUT2D eigenvalue weighted by Gasteiger charge is -2.14. The van der Waals surface area contributed by atoms with Crippen molar-refractivity contribution in [2.75, 3.05) is 11.4 Å². The average molecular weight is 228 g/mol. The number of benzene rings is 1. The van der Waals surface area contributed by atoms with Gasteiger partial charge >= 0.3 is 0 Å². The highest BCUT2D eigenvalue weighted by molar-refractivity contribution is 5.99. The van der Waals surface area contributed by atoms with E-state index in [9.17, 15) is 4.79 Å². The van der Waals surface area contributed by atoms with Gasteiger partial charge in [0.25, 0.3) is 0 Å². The van der Waals surface area contributed by atoms with Crippen LogP contribution in [0.2, 0.25) is 0 Å². The molecule has 0 bridgehead atoms. The molecule has 0 N–H and O–H groups in total. The Morgan fingerprint density at radius 3 is 2.82 bits per heavy atom. The van der Waals surface area contributed by atoms with Crippen molar-refractivity contribution >= 4 is 22.5 Å². The lowest BCUT2D eigenvalue weighted by Crippen LogP contribution is -2.25. The lowest BCUT2D eigenvalue weighted by molar-refractivity contribution is -0.116. The van der Waals surface area contributed by atoms with Gasteiger partial charge in [-0.2, -0.15) is 0 Å². The number of amides is 1. The Morgan fingerprint density at radius 1 is 1.35 bits per heavy atom. The Bertz CT molecular complexity index is 625. The highest BCUT2D eigenvalue weighted by Crippen LogP contribution is 2.35. The fraction of sp³-hybridized carbons (Fsp3) is 0.357. The maximum atomic E-state index is 11.5. The highest BCUT2D eigenvalue weighted by atomic mass is 16.2. The molecule has 1 aromatic carbocycles. The average Bonchev–Trinajstić information content (AvgIpc) is 2.82. The van der Waals surface area contributed by atoms with Gasteiger partial charge in [-0.15, -0.1) is 0 Å². The summed E-state index contributed by atoms with van der Waals surface area (Å²) < 4.78 is 2.20. The minimum Gasteiger partial charge on any atom is -0.348 e. The van der Waals surface area contributed by atoms with Crippen LogP contribution in [0.3, 0.4) is 0 Å². The van der Waals surface area contributed by atoms with Crippen LogP contribution in [-0.2, 0) is 18.3 Å². The van der Waals surface area contributed by atoms with Gasteiger partial charge in [0.1, 0.15) is 0 Å². The summed E-state index contributed by atoms with van der Waals surface area (Å²) in [6.45, 7) is 4.57. The lowest BCUT2D eigenvalue weighted by atomic mass is 10.1. The molecule has 0 unspecified atom stereocenters. The zero-order valence-corrected chi connectivity index (χ0v) is 10.4. The van der Waals surface area contributed by atoms with Crippen LogP contribution >= 0.6 is 0 Å². The minimum atomic E-state index is 0.135. The number of aryl methyl sites for hydroxylation is 2. The molecule has 1 aliphatic heterocycles. The van der Waals surface area contributed by atoms with Gasteiger partial charge in [-0.25, -0.2) is 0 Å². The largest absolute Gasteiger partial charge is 0.348 e. The number of carbonyl (C=O) groups excluding carboxylic acids is 1. The van der Waals surface area contributed by atoms with E-state index in [-0.39, 0.29) is 5.91 Å². The standard InChI is InChI=1S/C14H16N2O/c1-9-8-12-11-6-7-16(10(2)17)14(11)5-4-13(12)15(9)3/h4-5,8H,6-7H2,1-3H3. The van der Waals surface area contributed by atoms with Crippen LogP contribution in [-0.4, -0.2) is 17.0 Å². The van der Waals surface area contributed by atoms with Crippen molar-refractivity contribution in [2.45, 2.75) is 20.3 Å². The SMILES string of the molecule is CC(=O)N1CCc2c1ccc1c2cc(C)n1C. The van der Waals surface area contributed by atoms with E-state index >= 15 is 0 Å². The number of hydrogen-bond donors (Lipinski definition) is 0. The molecule has 1 aromatic heterocycles. The molecule has 0 saturated heterocycles. The van der Waals surface area contributed by atoms with Crippen molar-refractivity contribution in [1.29, 1.82) is 0 Å². The van der Waals surface area contributed by atoms with Crippen molar-refractivity contribution in [1.82, 2.24) is 4.57 Å². The van der Waals surface area contributed by atoms with Crippen molar-refractivity contribution < 1.29 is 4.79 Å². The molecular weight excluding hydrogens is 212 g/mol. The van der Waals surface area contributed by atoms with E-state index in [1.807, 2.05) is 4.90 Å². The molecule has 0 radical (unpaired) electrons. The number of anilines is 1. The summed E-state index contributed by atoms with van der Waals surface area (Å²) in [6, 6.07) is 6.41. The molecule has 3 nitrogen and oxygen atoms in total. The summed E-state index contributed by atoms with van der Waals surface area (Å²) in [6.07, 6.45) is 0.968. The molecule has 1 amide bonds. The zero-order valence-electron chi connectivity index (χ0n) is 10.4. The Morgan fingerprint density at radius 2 is 2.12 bits per heavy atom. The fourth-order valence-corrected chi connectivity index (χ4v) is 2.78. The molecule has 2 aromatic rings. The van der Waals surface area contributed by atoms with E-state index in [1.54, 1.807) is 6.92 Å². The zero-order chi connectivity index (χ0) is 12.2. The van der Waals surface area contributed by atoms with Crippen molar-refractivity contribution in [3.05, 3.63) is 29.5 Å². The third-order valence-corrected chi connectivity index (χ3v) is 3.81. The van der Waals surface area contributed by atoms with E-state index in [2.05, 4.69) is 36.7 Å². The predicted octanol–water partition coefficient (Wildman–Crippen LogP) is 2.40. The summed E-state index contributed by atoms with van der Waals surface area (Å²) in [5.74, 6) is 0.135. The predicted molar refractivity (Wildman–Crippen MR) is 69.4 cm³/mol. The molecule has 88 valence electrons. The van der Waals surface area contributed by atoms with E-state index in [0.29, 0.717) is 0 Å². The second-order valence-electron chi connectivity index (χ2n) is 4.76. The van der Waals surface area contributed by atoms with Gasteiger partial charge in [-0.1, -0.05) is 0 Å². The van der Waals surface area contributed by atoms with Gasteiger partial charge in [-0.3, -0.25) is 4.79 Å². The van der Waals surface area contributed by atoms with Gasteiger partial charge in [-0.05, 0) is 37.1 Å². The number of carbonyl (C=O) groups is 1. The molecule has 3 rings (SSSR count). The number of aromatic nitrogens is 1. The first-order chi connectivity index (χ1) is 8.09. The van der Waals surface area contributed by atoms with Crippen molar-refractivity contribution in [3.63, 3.8) is 0 Å². The third-order valence-electron chi connectivity index (χ3n) is 3.81. The number of nitrogens with zero attached hydrogens (tertiary/aromatic N) is 2. The summed E-state index contributed by atoms with van der Waals surface area (Å²) in [4.78, 5) is 13.4. The first-order valence-corrected chi connectivity index (χ1v) is 5.95. The normalized spacial score (nSPS) is 14.4. The van der Waals surface area contributed by atoms with Gasteiger partial charge < -0.3 is 9.47 Å². The van der Waals surface area contributed by atoms with Crippen LogP contribution in [0, 0.1) is 6.92 Å². The molecule has 17 heavy (non-hydrogen) atoms. The Balaban J connectivity index is 2.29. The van der Waals surface area contributed by atoms with Gasteiger partial charge in [0.15, 0.2) is 0 Å². The first-order valence-electron chi connectivity index (χ1n) is 5.95. The number of rotatable bonds is 0. The van der Waals surface area contributed by atoms with Crippen molar-refractivity contribution in [3.8, 4) is 0 Å². The van der Waals surface area contributed by atoms with Crippen LogP contribution < -0.4 is 4.90 Å². The first kappa shape index (κ1) is 10.4.